The highest BCUT2D eigenvalue weighted by Crippen LogP contribution is 2.62. The van der Waals surface area contributed by atoms with Crippen LogP contribution in [0, 0.1) is 0 Å². The summed E-state index contributed by atoms with van der Waals surface area (Å²) in [5.41, 5.74) is 0. The van der Waals surface area contributed by atoms with Crippen molar-refractivity contribution in [1.82, 2.24) is 0 Å². The fourth-order valence-corrected chi connectivity index (χ4v) is 7.45. The second-order valence-corrected chi connectivity index (χ2v) is 9.41. The molecule has 0 fully saturated rings. The molecule has 0 aromatic carbocycles. The van der Waals surface area contributed by atoms with E-state index >= 15 is 0 Å². The van der Waals surface area contributed by atoms with Crippen LogP contribution in [0.3, 0.4) is 0 Å². The second kappa shape index (κ2) is 6.85. The first-order chi connectivity index (χ1) is 6.95. The summed E-state index contributed by atoms with van der Waals surface area (Å²) in [5.74, 6) is 0.0781. The van der Waals surface area contributed by atoms with E-state index in [4.69, 9.17) is 9.05 Å². The van der Waals surface area contributed by atoms with Gasteiger partial charge in [0.25, 0.3) is 0 Å². The highest BCUT2D eigenvalue weighted by Gasteiger charge is 2.32. The van der Waals surface area contributed by atoms with Gasteiger partial charge in [0.15, 0.2) is 0 Å². The lowest BCUT2D eigenvalue weighted by Gasteiger charge is -2.22. The van der Waals surface area contributed by atoms with Crippen molar-refractivity contribution in [2.45, 2.75) is 27.7 Å². The fraction of sp³-hybridized carbons (Fsp3) is 1.00. The minimum atomic E-state index is -2.76. The van der Waals surface area contributed by atoms with Crippen molar-refractivity contribution in [3.63, 3.8) is 0 Å². The summed E-state index contributed by atoms with van der Waals surface area (Å²) in [4.78, 5) is 0. The lowest BCUT2D eigenvalue weighted by atomic mass is 10.9. The van der Waals surface area contributed by atoms with E-state index in [2.05, 4.69) is 0 Å². The maximum absolute atomic E-state index is 12.2. The minimum Gasteiger partial charge on any atom is -0.328 e. The standard InChI is InChI=1S/C9H22O4P2/c1-5-12-14(10,7-3)9-15(11,8-4)13-6-2/h5-9H2,1-4H3/t14-,15+. The third kappa shape index (κ3) is 5.31. The molecule has 0 unspecified atom stereocenters. The molecule has 0 rings (SSSR count). The summed E-state index contributed by atoms with van der Waals surface area (Å²) in [6.45, 7) is 7.95. The average Bonchev–Trinajstić information content (AvgIpc) is 2.18. The van der Waals surface area contributed by atoms with Crippen molar-refractivity contribution in [3.05, 3.63) is 0 Å². The van der Waals surface area contributed by atoms with Gasteiger partial charge in [0, 0.05) is 12.3 Å². The molecule has 0 heterocycles. The highest BCUT2D eigenvalue weighted by atomic mass is 31.2. The van der Waals surface area contributed by atoms with Crippen LogP contribution in [0.25, 0.3) is 0 Å². The Morgan fingerprint density at radius 2 is 1.13 bits per heavy atom. The molecule has 6 heteroatoms. The van der Waals surface area contributed by atoms with Crippen LogP contribution >= 0.6 is 14.7 Å². The third-order valence-electron chi connectivity index (χ3n) is 2.12. The van der Waals surface area contributed by atoms with E-state index in [1.807, 2.05) is 0 Å². The van der Waals surface area contributed by atoms with Crippen LogP contribution in [-0.4, -0.2) is 31.4 Å². The van der Waals surface area contributed by atoms with Gasteiger partial charge in [-0.25, -0.2) is 0 Å². The molecule has 92 valence electrons. The van der Waals surface area contributed by atoms with Crippen LogP contribution in [0.4, 0.5) is 0 Å². The maximum atomic E-state index is 12.2. The van der Waals surface area contributed by atoms with Crippen molar-refractivity contribution in [1.29, 1.82) is 0 Å². The van der Waals surface area contributed by atoms with Gasteiger partial charge < -0.3 is 9.05 Å². The van der Waals surface area contributed by atoms with E-state index in [-0.39, 0.29) is 5.90 Å². The Hall–Kier alpha value is 0.380. The van der Waals surface area contributed by atoms with E-state index in [9.17, 15) is 9.13 Å². The number of rotatable bonds is 8. The van der Waals surface area contributed by atoms with E-state index in [0.29, 0.717) is 25.5 Å². The zero-order valence-electron chi connectivity index (χ0n) is 10.1. The molecule has 0 N–H and O–H groups in total. The molecule has 0 aromatic rings. The Labute approximate surface area is 92.6 Å². The van der Waals surface area contributed by atoms with Crippen molar-refractivity contribution in [2.75, 3.05) is 31.4 Å². The summed E-state index contributed by atoms with van der Waals surface area (Å²) < 4.78 is 34.8. The molecule has 0 bridgehead atoms. The summed E-state index contributed by atoms with van der Waals surface area (Å²) in [7, 11) is -5.51. The van der Waals surface area contributed by atoms with Crippen LogP contribution in [-0.2, 0) is 18.2 Å². The fourth-order valence-electron chi connectivity index (χ4n) is 1.26. The van der Waals surface area contributed by atoms with E-state index in [0.717, 1.165) is 0 Å². The van der Waals surface area contributed by atoms with E-state index in [1.54, 1.807) is 27.7 Å². The molecule has 0 aliphatic rings. The van der Waals surface area contributed by atoms with E-state index in [1.165, 1.54) is 0 Å². The first kappa shape index (κ1) is 15.4. The van der Waals surface area contributed by atoms with Crippen molar-refractivity contribution in [3.8, 4) is 0 Å². The maximum Gasteiger partial charge on any atom is 0.212 e. The molecular formula is C9H22O4P2. The van der Waals surface area contributed by atoms with Crippen LogP contribution in [0.5, 0.6) is 0 Å². The van der Waals surface area contributed by atoms with Crippen LogP contribution < -0.4 is 0 Å². The monoisotopic (exact) mass is 256 g/mol. The Kier molecular flexibility index (Phi) is 7.03. The smallest absolute Gasteiger partial charge is 0.212 e. The minimum absolute atomic E-state index is 0.0781. The molecular weight excluding hydrogens is 234 g/mol. The average molecular weight is 256 g/mol. The molecule has 0 aliphatic heterocycles. The molecule has 4 nitrogen and oxygen atoms in total. The molecule has 0 aliphatic carbocycles. The first-order valence-corrected chi connectivity index (χ1v) is 9.39. The van der Waals surface area contributed by atoms with Gasteiger partial charge in [-0.15, -0.1) is 0 Å². The van der Waals surface area contributed by atoms with Gasteiger partial charge in [0.2, 0.25) is 14.7 Å². The summed E-state index contributed by atoms with van der Waals surface area (Å²) in [6.07, 6.45) is 0.829. The van der Waals surface area contributed by atoms with Crippen molar-refractivity contribution >= 4 is 14.7 Å². The third-order valence-corrected chi connectivity index (χ3v) is 8.96. The summed E-state index contributed by atoms with van der Waals surface area (Å²) >= 11 is 0. The quantitative estimate of drug-likeness (QED) is 0.622. The number of hydrogen-bond donors (Lipinski definition) is 0. The first-order valence-electron chi connectivity index (χ1n) is 5.40. The van der Waals surface area contributed by atoms with Gasteiger partial charge >= 0.3 is 0 Å². The second-order valence-electron chi connectivity index (χ2n) is 3.24. The SMILES string of the molecule is CCO[P@@](=O)(CC)C[P@@](=O)(CC)OCC. The Morgan fingerprint density at radius 1 is 0.800 bits per heavy atom. The zero-order chi connectivity index (χ0) is 11.9. The Balaban J connectivity index is 4.63. The van der Waals surface area contributed by atoms with Crippen LogP contribution in [0.15, 0.2) is 0 Å². The Bertz CT molecular complexity index is 239. The van der Waals surface area contributed by atoms with E-state index < -0.39 is 14.7 Å². The zero-order valence-corrected chi connectivity index (χ0v) is 11.9. The molecule has 0 amide bonds. The van der Waals surface area contributed by atoms with Crippen LogP contribution in [0.1, 0.15) is 27.7 Å². The normalized spacial score (nSPS) is 19.5. The molecule has 15 heavy (non-hydrogen) atoms. The summed E-state index contributed by atoms with van der Waals surface area (Å²) in [6, 6.07) is 0. The lowest BCUT2D eigenvalue weighted by molar-refractivity contribution is 0.324. The lowest BCUT2D eigenvalue weighted by Crippen LogP contribution is -2.03. The number of hydrogen-bond acceptors (Lipinski definition) is 4. The predicted molar refractivity (Wildman–Crippen MR) is 64.4 cm³/mol. The molecule has 0 saturated carbocycles. The molecule has 0 saturated heterocycles. The Morgan fingerprint density at radius 3 is 1.33 bits per heavy atom. The predicted octanol–water partition coefficient (Wildman–Crippen LogP) is 3.61. The largest absolute Gasteiger partial charge is 0.328 e. The molecule has 2 atom stereocenters. The highest BCUT2D eigenvalue weighted by molar-refractivity contribution is 7.76. The van der Waals surface area contributed by atoms with Gasteiger partial charge in [0.1, 0.15) is 5.90 Å². The van der Waals surface area contributed by atoms with Crippen molar-refractivity contribution < 1.29 is 18.2 Å². The van der Waals surface area contributed by atoms with Gasteiger partial charge in [-0.3, -0.25) is 9.13 Å². The molecule has 0 radical (unpaired) electrons. The van der Waals surface area contributed by atoms with Gasteiger partial charge in [-0.2, -0.15) is 0 Å². The van der Waals surface area contributed by atoms with Crippen molar-refractivity contribution in [2.24, 2.45) is 0 Å². The molecule has 0 aromatic heterocycles. The van der Waals surface area contributed by atoms with Gasteiger partial charge in [-0.05, 0) is 13.8 Å². The summed E-state index contributed by atoms with van der Waals surface area (Å²) in [5, 5.41) is 0. The topological polar surface area (TPSA) is 52.6 Å². The molecule has 0 spiro atoms. The van der Waals surface area contributed by atoms with Crippen LogP contribution in [0.2, 0.25) is 0 Å². The van der Waals surface area contributed by atoms with Gasteiger partial charge in [0.05, 0.1) is 13.2 Å². The van der Waals surface area contributed by atoms with Gasteiger partial charge in [-0.1, -0.05) is 13.8 Å².